The Kier molecular flexibility index (Phi) is 8.68. The lowest BCUT2D eigenvalue weighted by Gasteiger charge is -2.20. The van der Waals surface area contributed by atoms with Crippen molar-refractivity contribution in [1.29, 1.82) is 0 Å². The minimum atomic E-state index is -0.346. The molecule has 3 N–H and O–H groups in total. The van der Waals surface area contributed by atoms with E-state index < -0.39 is 0 Å². The van der Waals surface area contributed by atoms with Crippen molar-refractivity contribution in [2.45, 2.75) is 65.5 Å². The molecule has 1 aliphatic rings. The molecule has 2 atom stereocenters. The maximum atomic E-state index is 13.6. The third-order valence-electron chi connectivity index (χ3n) is 4.36. The van der Waals surface area contributed by atoms with Gasteiger partial charge in [-0.3, -0.25) is 0 Å². The number of hydrogen-bond acceptors (Lipinski definition) is 2. The summed E-state index contributed by atoms with van der Waals surface area (Å²) >= 11 is 5.84. The standard InChI is InChI=1S/C10H15ClFN.C10H14O/c1-3-9(13)7-4-5-8(11)6(2)10(7)12;1-3-9-5-4-6-10(7-9)8(2)11/h9H,3-5,13H2,1-2H3;4-8,11H,3H2,1-2H3. The van der Waals surface area contributed by atoms with Gasteiger partial charge in [0, 0.05) is 11.1 Å². The molecular weight excluding hydrogens is 325 g/mol. The quantitative estimate of drug-likeness (QED) is 0.744. The molecule has 0 amide bonds. The zero-order chi connectivity index (χ0) is 18.3. The van der Waals surface area contributed by atoms with Crippen LogP contribution in [0.15, 0.2) is 46.3 Å². The molecule has 0 aliphatic heterocycles. The third-order valence-corrected chi connectivity index (χ3v) is 4.83. The molecule has 0 aromatic heterocycles. The largest absolute Gasteiger partial charge is 0.389 e. The van der Waals surface area contributed by atoms with Crippen molar-refractivity contribution < 1.29 is 9.50 Å². The number of nitrogens with two attached hydrogens (primary N) is 1. The third kappa shape index (κ3) is 5.73. The lowest BCUT2D eigenvalue weighted by molar-refractivity contribution is 0.199. The molecule has 1 aliphatic carbocycles. The van der Waals surface area contributed by atoms with E-state index >= 15 is 0 Å². The van der Waals surface area contributed by atoms with Gasteiger partial charge in [-0.05, 0) is 61.8 Å². The number of aliphatic hydroxyl groups excluding tert-OH is 1. The average Bonchev–Trinajstić information content (AvgIpc) is 2.59. The second-order valence-electron chi connectivity index (χ2n) is 6.16. The van der Waals surface area contributed by atoms with Gasteiger partial charge in [0.15, 0.2) is 0 Å². The van der Waals surface area contributed by atoms with Crippen LogP contribution < -0.4 is 5.73 Å². The highest BCUT2D eigenvalue weighted by molar-refractivity contribution is 6.30. The molecule has 24 heavy (non-hydrogen) atoms. The van der Waals surface area contributed by atoms with Gasteiger partial charge in [-0.15, -0.1) is 0 Å². The fourth-order valence-electron chi connectivity index (χ4n) is 2.57. The summed E-state index contributed by atoms with van der Waals surface area (Å²) in [5, 5.41) is 9.87. The zero-order valence-electron chi connectivity index (χ0n) is 15.1. The smallest absolute Gasteiger partial charge is 0.128 e. The van der Waals surface area contributed by atoms with Gasteiger partial charge in [-0.25, -0.2) is 4.39 Å². The average molecular weight is 354 g/mol. The summed E-state index contributed by atoms with van der Waals surface area (Å²) in [6.45, 7) is 7.56. The number of aliphatic hydroxyl groups is 1. The summed E-state index contributed by atoms with van der Waals surface area (Å²) in [6.07, 6.45) is 2.84. The number of aryl methyl sites for hydroxylation is 1. The van der Waals surface area contributed by atoms with E-state index in [2.05, 4.69) is 13.0 Å². The van der Waals surface area contributed by atoms with Crippen molar-refractivity contribution in [3.63, 3.8) is 0 Å². The highest BCUT2D eigenvalue weighted by Gasteiger charge is 2.21. The predicted octanol–water partition coefficient (Wildman–Crippen LogP) is 5.56. The summed E-state index contributed by atoms with van der Waals surface area (Å²) in [5.74, 6) is -0.189. The van der Waals surface area contributed by atoms with E-state index in [1.54, 1.807) is 13.8 Å². The maximum Gasteiger partial charge on any atom is 0.128 e. The Morgan fingerprint density at radius 3 is 2.50 bits per heavy atom. The molecule has 2 nitrogen and oxygen atoms in total. The predicted molar refractivity (Wildman–Crippen MR) is 101 cm³/mol. The van der Waals surface area contributed by atoms with E-state index in [1.165, 1.54) is 5.56 Å². The van der Waals surface area contributed by atoms with Crippen LogP contribution in [0.5, 0.6) is 0 Å². The highest BCUT2D eigenvalue weighted by atomic mass is 35.5. The van der Waals surface area contributed by atoms with Gasteiger partial charge in [0.2, 0.25) is 0 Å². The Labute approximate surface area is 150 Å². The van der Waals surface area contributed by atoms with E-state index in [-0.39, 0.29) is 18.0 Å². The Morgan fingerprint density at radius 2 is 1.96 bits per heavy atom. The topological polar surface area (TPSA) is 46.2 Å². The number of halogens is 2. The molecule has 2 unspecified atom stereocenters. The minimum absolute atomic E-state index is 0.153. The van der Waals surface area contributed by atoms with E-state index in [0.29, 0.717) is 17.0 Å². The van der Waals surface area contributed by atoms with Gasteiger partial charge in [-0.2, -0.15) is 0 Å². The summed E-state index contributed by atoms with van der Waals surface area (Å²) < 4.78 is 13.6. The fraction of sp³-hybridized carbons (Fsp3) is 0.500. The molecule has 0 bridgehead atoms. The van der Waals surface area contributed by atoms with Crippen molar-refractivity contribution in [2.24, 2.45) is 5.73 Å². The Hall–Kier alpha value is -1.16. The summed E-state index contributed by atoms with van der Waals surface area (Å²) in [7, 11) is 0. The first kappa shape index (κ1) is 20.9. The molecule has 0 fully saturated rings. The van der Waals surface area contributed by atoms with Crippen LogP contribution in [0, 0.1) is 0 Å². The molecule has 0 saturated heterocycles. The van der Waals surface area contributed by atoms with E-state index in [0.717, 1.165) is 30.4 Å². The zero-order valence-corrected chi connectivity index (χ0v) is 15.8. The number of hydrogen-bond donors (Lipinski definition) is 2. The van der Waals surface area contributed by atoms with E-state index in [9.17, 15) is 9.50 Å². The van der Waals surface area contributed by atoms with Crippen molar-refractivity contribution >= 4 is 11.6 Å². The number of rotatable bonds is 4. The lowest BCUT2D eigenvalue weighted by atomic mass is 9.92. The van der Waals surface area contributed by atoms with Crippen molar-refractivity contribution in [3.05, 3.63) is 57.4 Å². The Balaban J connectivity index is 0.000000243. The first-order valence-corrected chi connectivity index (χ1v) is 8.96. The monoisotopic (exact) mass is 353 g/mol. The Bertz CT molecular complexity index is 607. The van der Waals surface area contributed by atoms with E-state index in [1.807, 2.05) is 25.1 Å². The molecular formula is C20H29ClFNO. The summed E-state index contributed by atoms with van der Waals surface area (Å²) in [4.78, 5) is 0. The van der Waals surface area contributed by atoms with Gasteiger partial charge < -0.3 is 10.8 Å². The first-order valence-electron chi connectivity index (χ1n) is 8.58. The summed E-state index contributed by atoms with van der Waals surface area (Å²) in [5.41, 5.74) is 9.36. The molecule has 4 heteroatoms. The highest BCUT2D eigenvalue weighted by Crippen LogP contribution is 2.34. The van der Waals surface area contributed by atoms with Gasteiger partial charge in [0.25, 0.3) is 0 Å². The van der Waals surface area contributed by atoms with Crippen molar-refractivity contribution in [2.75, 3.05) is 0 Å². The van der Waals surface area contributed by atoms with Crippen molar-refractivity contribution in [1.82, 2.24) is 0 Å². The second kappa shape index (κ2) is 9.97. The Morgan fingerprint density at radius 1 is 1.29 bits per heavy atom. The first-order chi connectivity index (χ1) is 11.3. The van der Waals surface area contributed by atoms with Crippen LogP contribution >= 0.6 is 11.6 Å². The second-order valence-corrected chi connectivity index (χ2v) is 6.61. The van der Waals surface area contributed by atoms with Crippen LogP contribution in [0.4, 0.5) is 4.39 Å². The SMILES string of the molecule is CCC(N)C1=C(F)C(C)=C(Cl)CC1.CCc1cccc(C(C)O)c1. The van der Waals surface area contributed by atoms with Gasteiger partial charge in [0.05, 0.1) is 6.10 Å². The van der Waals surface area contributed by atoms with Crippen LogP contribution in [0.3, 0.4) is 0 Å². The van der Waals surface area contributed by atoms with Gasteiger partial charge in [0.1, 0.15) is 5.83 Å². The lowest BCUT2D eigenvalue weighted by Crippen LogP contribution is -2.24. The molecule has 1 aromatic carbocycles. The van der Waals surface area contributed by atoms with Crippen LogP contribution in [0.1, 0.15) is 64.2 Å². The fourth-order valence-corrected chi connectivity index (χ4v) is 2.75. The number of allylic oxidation sites excluding steroid dienone is 3. The van der Waals surface area contributed by atoms with Crippen molar-refractivity contribution in [3.8, 4) is 0 Å². The molecule has 2 rings (SSSR count). The van der Waals surface area contributed by atoms with Crippen LogP contribution in [-0.4, -0.2) is 11.1 Å². The maximum absolute atomic E-state index is 13.6. The molecule has 134 valence electrons. The van der Waals surface area contributed by atoms with E-state index in [4.69, 9.17) is 17.3 Å². The molecule has 0 saturated carbocycles. The van der Waals surface area contributed by atoms with Crippen LogP contribution in [0.25, 0.3) is 0 Å². The number of benzene rings is 1. The normalized spacial score (nSPS) is 17.3. The van der Waals surface area contributed by atoms with Gasteiger partial charge in [-0.1, -0.05) is 49.7 Å². The van der Waals surface area contributed by atoms with Crippen LogP contribution in [0.2, 0.25) is 0 Å². The minimum Gasteiger partial charge on any atom is -0.389 e. The van der Waals surface area contributed by atoms with Crippen LogP contribution in [-0.2, 0) is 6.42 Å². The summed E-state index contributed by atoms with van der Waals surface area (Å²) in [6, 6.07) is 7.90. The molecule has 0 spiro atoms. The molecule has 0 radical (unpaired) electrons. The molecule has 0 heterocycles. The van der Waals surface area contributed by atoms with Gasteiger partial charge >= 0.3 is 0 Å². The molecule has 1 aromatic rings.